The second-order valence-electron chi connectivity index (χ2n) is 6.08. The van der Waals surface area contributed by atoms with E-state index in [1.807, 2.05) is 13.0 Å². The van der Waals surface area contributed by atoms with E-state index in [4.69, 9.17) is 16.6 Å². The number of rotatable bonds is 6. The van der Waals surface area contributed by atoms with E-state index in [1.54, 1.807) is 0 Å². The van der Waals surface area contributed by atoms with Gasteiger partial charge in [-0.05, 0) is 43.0 Å². The molecule has 0 aliphatic heterocycles. The second-order valence-corrected chi connectivity index (χ2v) is 6.70. The molecular formula is C21H23NOS. The number of thiocarbonyl (C=S) groups is 1. The van der Waals surface area contributed by atoms with Crippen molar-refractivity contribution in [2.75, 3.05) is 6.54 Å². The van der Waals surface area contributed by atoms with Gasteiger partial charge in [0.05, 0.1) is 4.99 Å². The lowest BCUT2D eigenvalue weighted by Gasteiger charge is -2.06. The molecule has 124 valence electrons. The molecule has 0 bridgehead atoms. The smallest absolute Gasteiger partial charge is 0.134 e. The molecule has 24 heavy (non-hydrogen) atoms. The largest absolute Gasteiger partial charge is 0.460 e. The zero-order valence-electron chi connectivity index (χ0n) is 14.3. The van der Waals surface area contributed by atoms with Crippen LogP contribution >= 0.6 is 12.2 Å². The van der Waals surface area contributed by atoms with Crippen LogP contribution in [-0.4, -0.2) is 11.5 Å². The number of fused-ring (bicyclic) bond motifs is 1. The van der Waals surface area contributed by atoms with Gasteiger partial charge in [0.2, 0.25) is 0 Å². The van der Waals surface area contributed by atoms with Crippen molar-refractivity contribution < 1.29 is 4.42 Å². The third kappa shape index (κ3) is 3.85. The molecule has 0 unspecified atom stereocenters. The van der Waals surface area contributed by atoms with E-state index in [-0.39, 0.29) is 0 Å². The van der Waals surface area contributed by atoms with Gasteiger partial charge in [-0.15, -0.1) is 0 Å². The minimum atomic E-state index is 0.822. The third-order valence-electron chi connectivity index (χ3n) is 4.30. The van der Waals surface area contributed by atoms with Crippen molar-refractivity contribution in [2.45, 2.75) is 33.1 Å². The van der Waals surface area contributed by atoms with E-state index in [1.165, 1.54) is 22.1 Å². The van der Waals surface area contributed by atoms with Crippen LogP contribution in [0, 0.1) is 0 Å². The Hall–Kier alpha value is -2.13. The van der Waals surface area contributed by atoms with Crippen LogP contribution in [-0.2, 0) is 19.3 Å². The maximum atomic E-state index is 6.20. The van der Waals surface area contributed by atoms with Crippen molar-refractivity contribution in [2.24, 2.45) is 0 Å². The molecule has 3 rings (SSSR count). The van der Waals surface area contributed by atoms with Crippen molar-refractivity contribution in [1.29, 1.82) is 0 Å². The van der Waals surface area contributed by atoms with E-state index in [2.05, 4.69) is 54.7 Å². The molecule has 0 fully saturated rings. The van der Waals surface area contributed by atoms with Gasteiger partial charge in [-0.1, -0.05) is 55.5 Å². The van der Waals surface area contributed by atoms with E-state index < -0.39 is 0 Å². The summed E-state index contributed by atoms with van der Waals surface area (Å²) < 4.78 is 6.20. The average Bonchev–Trinajstić information content (AvgIpc) is 2.92. The molecule has 0 atom stereocenters. The standard InChI is InChI=1S/C21H23NOS/c1-3-16-9-10-20-19(13-16)18(11-12-22-15(2)24)21(23-20)14-17-7-5-4-6-8-17/h4-10,13H,3,11-12,14H2,1-2H3,(H,22,24). The van der Waals surface area contributed by atoms with Gasteiger partial charge in [0, 0.05) is 23.9 Å². The monoisotopic (exact) mass is 337 g/mol. The van der Waals surface area contributed by atoms with Crippen molar-refractivity contribution in [3.63, 3.8) is 0 Å². The highest BCUT2D eigenvalue weighted by atomic mass is 32.1. The quantitative estimate of drug-likeness (QED) is 0.636. The van der Waals surface area contributed by atoms with Crippen LogP contribution in [0.2, 0.25) is 0 Å². The van der Waals surface area contributed by atoms with Crippen molar-refractivity contribution in [3.8, 4) is 0 Å². The SMILES string of the molecule is CCc1ccc2oc(Cc3ccccc3)c(CCNC(C)=S)c2c1. The summed E-state index contributed by atoms with van der Waals surface area (Å²) in [4.78, 5) is 0.835. The first kappa shape index (κ1) is 16.7. The maximum Gasteiger partial charge on any atom is 0.134 e. The Morgan fingerprint density at radius 1 is 1.08 bits per heavy atom. The predicted molar refractivity (Wildman–Crippen MR) is 105 cm³/mol. The first-order valence-electron chi connectivity index (χ1n) is 8.49. The molecular weight excluding hydrogens is 314 g/mol. The van der Waals surface area contributed by atoms with Crippen LogP contribution in [0.25, 0.3) is 11.0 Å². The summed E-state index contributed by atoms with van der Waals surface area (Å²) in [7, 11) is 0. The Bertz CT molecular complexity index is 836. The predicted octanol–water partition coefficient (Wildman–Crippen LogP) is 5.07. The molecule has 0 spiro atoms. The fourth-order valence-corrected chi connectivity index (χ4v) is 3.13. The van der Waals surface area contributed by atoms with E-state index in [0.717, 1.165) is 42.1 Å². The summed E-state index contributed by atoms with van der Waals surface area (Å²) in [6.07, 6.45) is 2.77. The number of nitrogens with one attached hydrogen (secondary N) is 1. The number of benzene rings is 2. The van der Waals surface area contributed by atoms with Crippen LogP contribution in [0.4, 0.5) is 0 Å². The summed E-state index contributed by atoms with van der Waals surface area (Å²) in [5, 5.41) is 4.50. The molecule has 0 amide bonds. The molecule has 0 radical (unpaired) electrons. The third-order valence-corrected chi connectivity index (χ3v) is 4.45. The van der Waals surface area contributed by atoms with Crippen molar-refractivity contribution >= 4 is 28.2 Å². The van der Waals surface area contributed by atoms with E-state index in [9.17, 15) is 0 Å². The zero-order valence-corrected chi connectivity index (χ0v) is 15.1. The fraction of sp³-hybridized carbons (Fsp3) is 0.286. The first-order chi connectivity index (χ1) is 11.7. The Morgan fingerprint density at radius 3 is 2.58 bits per heavy atom. The number of furan rings is 1. The topological polar surface area (TPSA) is 25.2 Å². The number of aryl methyl sites for hydroxylation is 1. The van der Waals surface area contributed by atoms with Crippen LogP contribution < -0.4 is 5.32 Å². The molecule has 2 nitrogen and oxygen atoms in total. The minimum absolute atomic E-state index is 0.822. The zero-order chi connectivity index (χ0) is 16.9. The van der Waals surface area contributed by atoms with Crippen LogP contribution in [0.3, 0.4) is 0 Å². The highest BCUT2D eigenvalue weighted by molar-refractivity contribution is 7.80. The molecule has 1 N–H and O–H groups in total. The van der Waals surface area contributed by atoms with E-state index in [0.29, 0.717) is 0 Å². The average molecular weight is 337 g/mol. The molecule has 3 heteroatoms. The summed E-state index contributed by atoms with van der Waals surface area (Å²) >= 11 is 5.13. The molecule has 2 aromatic carbocycles. The van der Waals surface area contributed by atoms with Gasteiger partial charge in [-0.2, -0.15) is 0 Å². The van der Waals surface area contributed by atoms with Gasteiger partial charge in [0.15, 0.2) is 0 Å². The molecule has 0 saturated carbocycles. The Labute approximate surface area is 148 Å². The fourth-order valence-electron chi connectivity index (χ4n) is 3.03. The summed E-state index contributed by atoms with van der Waals surface area (Å²) in [6.45, 7) is 4.94. The van der Waals surface area contributed by atoms with E-state index >= 15 is 0 Å². The number of hydrogen-bond acceptors (Lipinski definition) is 2. The van der Waals surface area contributed by atoms with Gasteiger partial charge in [-0.3, -0.25) is 0 Å². The summed E-state index contributed by atoms with van der Waals surface area (Å²) in [5.74, 6) is 1.06. The number of hydrogen-bond donors (Lipinski definition) is 1. The maximum absolute atomic E-state index is 6.20. The van der Waals surface area contributed by atoms with Crippen LogP contribution in [0.1, 0.15) is 36.3 Å². The highest BCUT2D eigenvalue weighted by Gasteiger charge is 2.15. The molecule has 0 aliphatic rings. The van der Waals surface area contributed by atoms with Crippen molar-refractivity contribution in [3.05, 3.63) is 71.0 Å². The molecule has 0 saturated heterocycles. The summed E-state index contributed by atoms with van der Waals surface area (Å²) in [5.41, 5.74) is 4.89. The lowest BCUT2D eigenvalue weighted by Crippen LogP contribution is -2.21. The van der Waals surface area contributed by atoms with Gasteiger partial charge in [0.1, 0.15) is 11.3 Å². The molecule has 1 aromatic heterocycles. The van der Waals surface area contributed by atoms with Crippen LogP contribution in [0.15, 0.2) is 52.9 Å². The molecule has 1 heterocycles. The molecule has 0 aliphatic carbocycles. The Kier molecular flexibility index (Phi) is 5.31. The Balaban J connectivity index is 1.97. The summed E-state index contributed by atoms with van der Waals surface area (Å²) in [6, 6.07) is 17.0. The van der Waals surface area contributed by atoms with Gasteiger partial charge < -0.3 is 9.73 Å². The highest BCUT2D eigenvalue weighted by Crippen LogP contribution is 2.29. The normalized spacial score (nSPS) is 10.9. The van der Waals surface area contributed by atoms with Crippen LogP contribution in [0.5, 0.6) is 0 Å². The Morgan fingerprint density at radius 2 is 1.88 bits per heavy atom. The van der Waals surface area contributed by atoms with Gasteiger partial charge in [-0.25, -0.2) is 0 Å². The lowest BCUT2D eigenvalue weighted by molar-refractivity contribution is 0.555. The second kappa shape index (κ2) is 7.63. The lowest BCUT2D eigenvalue weighted by atomic mass is 10.0. The van der Waals surface area contributed by atoms with Gasteiger partial charge in [0.25, 0.3) is 0 Å². The van der Waals surface area contributed by atoms with Gasteiger partial charge >= 0.3 is 0 Å². The van der Waals surface area contributed by atoms with Crippen molar-refractivity contribution in [1.82, 2.24) is 5.32 Å². The first-order valence-corrected chi connectivity index (χ1v) is 8.89. The minimum Gasteiger partial charge on any atom is -0.460 e. The molecule has 3 aromatic rings.